The molecule has 8 aromatic rings. The topological polar surface area (TPSA) is 29.9 Å². The van der Waals surface area contributed by atoms with Crippen LogP contribution in [0.1, 0.15) is 45.4 Å². The Morgan fingerprint density at radius 2 is 0.936 bits per heavy atom. The van der Waals surface area contributed by atoms with Gasteiger partial charge in [0, 0.05) is 38.3 Å². The molecule has 0 aliphatic carbocycles. The molecule has 47 heavy (non-hydrogen) atoms. The highest BCUT2D eigenvalue weighted by Gasteiger charge is 2.11. The SMILES string of the molecule is CCCCCCCCOc1ccc(-c2ccc(-n3c4ccccc4c4ccccc43)cc2)cc1.c1ccc2c(c1)[nH]c1ccccc12. The summed E-state index contributed by atoms with van der Waals surface area (Å²) in [5.41, 5.74) is 8.51. The number of nitrogens with zero attached hydrogens (tertiary/aromatic N) is 1. The second-order valence-electron chi connectivity index (χ2n) is 12.3. The predicted octanol–water partition coefficient (Wildman–Crippen LogP) is 12.5. The second kappa shape index (κ2) is 14.4. The van der Waals surface area contributed by atoms with Crippen LogP contribution in [-0.4, -0.2) is 16.2 Å². The number of rotatable bonds is 10. The maximum absolute atomic E-state index is 5.95. The van der Waals surface area contributed by atoms with E-state index in [0.717, 1.165) is 18.8 Å². The smallest absolute Gasteiger partial charge is 0.119 e. The van der Waals surface area contributed by atoms with Gasteiger partial charge in [0.25, 0.3) is 0 Å². The number of nitrogens with one attached hydrogen (secondary N) is 1. The summed E-state index contributed by atoms with van der Waals surface area (Å²) in [6.07, 6.45) is 7.71. The van der Waals surface area contributed by atoms with Crippen molar-refractivity contribution >= 4 is 43.6 Å². The van der Waals surface area contributed by atoms with Gasteiger partial charge >= 0.3 is 0 Å². The maximum atomic E-state index is 5.95. The third kappa shape index (κ3) is 6.66. The van der Waals surface area contributed by atoms with Gasteiger partial charge in [-0.3, -0.25) is 0 Å². The van der Waals surface area contributed by atoms with Crippen molar-refractivity contribution < 1.29 is 4.74 Å². The number of aromatic nitrogens is 2. The zero-order valence-electron chi connectivity index (χ0n) is 27.2. The largest absolute Gasteiger partial charge is 0.494 e. The van der Waals surface area contributed by atoms with Crippen LogP contribution in [0.2, 0.25) is 0 Å². The van der Waals surface area contributed by atoms with Gasteiger partial charge in [0.1, 0.15) is 5.75 Å². The molecule has 0 aliphatic rings. The standard InChI is InChI=1S/C32H33NO.C12H9N/c1-2-3-4-5-6-11-24-34-28-22-18-26(19-23-28)25-16-20-27(21-17-25)33-31-14-9-7-12-29(31)30-13-8-10-15-32(30)33;1-3-7-11-9(5-1)10-6-2-4-8-12(10)13-11/h7-10,12-23H,2-6,11,24H2,1H3;1-8,13H. The van der Waals surface area contributed by atoms with Gasteiger partial charge in [-0.2, -0.15) is 0 Å². The number of hydrogen-bond acceptors (Lipinski definition) is 1. The molecule has 6 aromatic carbocycles. The molecule has 0 spiro atoms. The fraction of sp³-hybridized carbons (Fsp3) is 0.182. The molecule has 0 fully saturated rings. The molecule has 3 heteroatoms. The molecule has 0 unspecified atom stereocenters. The first-order chi connectivity index (χ1) is 23.3. The molecule has 0 aliphatic heterocycles. The number of H-pyrrole nitrogens is 1. The third-order valence-corrected chi connectivity index (χ3v) is 9.07. The Bertz CT molecular complexity index is 2100. The van der Waals surface area contributed by atoms with E-state index in [1.165, 1.54) is 92.5 Å². The van der Waals surface area contributed by atoms with Crippen molar-refractivity contribution in [3.8, 4) is 22.6 Å². The van der Waals surface area contributed by atoms with E-state index in [0.29, 0.717) is 0 Å². The van der Waals surface area contributed by atoms with Crippen LogP contribution in [0.5, 0.6) is 5.75 Å². The Hall–Kier alpha value is -5.28. The molecule has 2 aromatic heterocycles. The summed E-state index contributed by atoms with van der Waals surface area (Å²) in [6, 6.07) is 51.4. The minimum absolute atomic E-state index is 0.805. The van der Waals surface area contributed by atoms with E-state index in [4.69, 9.17) is 4.74 Å². The highest BCUT2D eigenvalue weighted by atomic mass is 16.5. The lowest BCUT2D eigenvalue weighted by Gasteiger charge is -2.10. The van der Waals surface area contributed by atoms with E-state index in [1.807, 2.05) is 0 Å². The van der Waals surface area contributed by atoms with Crippen molar-refractivity contribution in [2.45, 2.75) is 45.4 Å². The van der Waals surface area contributed by atoms with E-state index < -0.39 is 0 Å². The van der Waals surface area contributed by atoms with Crippen LogP contribution in [0.15, 0.2) is 146 Å². The first-order valence-electron chi connectivity index (χ1n) is 17.1. The number of ether oxygens (including phenoxy) is 1. The molecule has 0 saturated heterocycles. The minimum atomic E-state index is 0.805. The van der Waals surface area contributed by atoms with Crippen LogP contribution >= 0.6 is 0 Å². The van der Waals surface area contributed by atoms with Crippen LogP contribution in [0, 0.1) is 0 Å². The number of fused-ring (bicyclic) bond motifs is 6. The fourth-order valence-electron chi connectivity index (χ4n) is 6.62. The van der Waals surface area contributed by atoms with E-state index in [2.05, 4.69) is 162 Å². The fourth-order valence-corrected chi connectivity index (χ4v) is 6.62. The van der Waals surface area contributed by atoms with Crippen LogP contribution in [0.4, 0.5) is 0 Å². The maximum Gasteiger partial charge on any atom is 0.119 e. The molecule has 0 bridgehead atoms. The van der Waals surface area contributed by atoms with Crippen molar-refractivity contribution in [1.82, 2.24) is 9.55 Å². The Morgan fingerprint density at radius 3 is 1.51 bits per heavy atom. The van der Waals surface area contributed by atoms with E-state index in [1.54, 1.807) is 0 Å². The van der Waals surface area contributed by atoms with Gasteiger partial charge in [0.2, 0.25) is 0 Å². The molecule has 1 N–H and O–H groups in total. The number of benzene rings is 6. The van der Waals surface area contributed by atoms with E-state index in [-0.39, 0.29) is 0 Å². The van der Waals surface area contributed by atoms with Gasteiger partial charge in [0.15, 0.2) is 0 Å². The highest BCUT2D eigenvalue weighted by molar-refractivity contribution is 6.09. The van der Waals surface area contributed by atoms with Crippen LogP contribution in [-0.2, 0) is 0 Å². The second-order valence-corrected chi connectivity index (χ2v) is 12.3. The Balaban J connectivity index is 0.000000223. The molecular weight excluding hydrogens is 572 g/mol. The van der Waals surface area contributed by atoms with Crippen LogP contribution in [0.25, 0.3) is 60.4 Å². The third-order valence-electron chi connectivity index (χ3n) is 9.07. The number of aromatic amines is 1. The molecular formula is C44H42N2O. The zero-order chi connectivity index (χ0) is 31.8. The lowest BCUT2D eigenvalue weighted by molar-refractivity contribution is 0.304. The monoisotopic (exact) mass is 614 g/mol. The lowest BCUT2D eigenvalue weighted by Crippen LogP contribution is -1.97. The van der Waals surface area contributed by atoms with Crippen molar-refractivity contribution in [2.75, 3.05) is 6.61 Å². The first kappa shape index (κ1) is 30.4. The summed E-state index contributed by atoms with van der Waals surface area (Å²) < 4.78 is 8.30. The molecule has 234 valence electrons. The first-order valence-corrected chi connectivity index (χ1v) is 17.1. The highest BCUT2D eigenvalue weighted by Crippen LogP contribution is 2.33. The van der Waals surface area contributed by atoms with Crippen LogP contribution < -0.4 is 4.74 Å². The summed E-state index contributed by atoms with van der Waals surface area (Å²) in [7, 11) is 0. The number of unbranched alkanes of at least 4 members (excludes halogenated alkanes) is 5. The van der Waals surface area contributed by atoms with Gasteiger partial charge in [0.05, 0.1) is 17.6 Å². The molecule has 3 nitrogen and oxygen atoms in total. The van der Waals surface area contributed by atoms with Gasteiger partial charge in [-0.05, 0) is 66.1 Å². The summed E-state index contributed by atoms with van der Waals surface area (Å²) in [5, 5.41) is 5.19. The van der Waals surface area contributed by atoms with Crippen molar-refractivity contribution in [2.24, 2.45) is 0 Å². The van der Waals surface area contributed by atoms with Gasteiger partial charge < -0.3 is 14.3 Å². The Morgan fingerprint density at radius 1 is 0.468 bits per heavy atom. The van der Waals surface area contributed by atoms with E-state index in [9.17, 15) is 0 Å². The van der Waals surface area contributed by atoms with Crippen molar-refractivity contribution in [3.63, 3.8) is 0 Å². The number of para-hydroxylation sites is 4. The quantitative estimate of drug-likeness (QED) is 0.153. The Kier molecular flexibility index (Phi) is 9.33. The van der Waals surface area contributed by atoms with Crippen LogP contribution in [0.3, 0.4) is 0 Å². The average molecular weight is 615 g/mol. The van der Waals surface area contributed by atoms with Gasteiger partial charge in [-0.15, -0.1) is 0 Å². The zero-order valence-corrected chi connectivity index (χ0v) is 27.2. The molecule has 2 heterocycles. The lowest BCUT2D eigenvalue weighted by atomic mass is 10.1. The summed E-state index contributed by atoms with van der Waals surface area (Å²) in [5.74, 6) is 0.958. The summed E-state index contributed by atoms with van der Waals surface area (Å²) in [6.45, 7) is 3.06. The summed E-state index contributed by atoms with van der Waals surface area (Å²) in [4.78, 5) is 3.38. The Labute approximate surface area is 277 Å². The molecule has 0 amide bonds. The molecule has 8 rings (SSSR count). The predicted molar refractivity (Wildman–Crippen MR) is 201 cm³/mol. The normalized spacial score (nSPS) is 11.3. The average Bonchev–Trinajstić information content (AvgIpc) is 3.68. The minimum Gasteiger partial charge on any atom is -0.494 e. The van der Waals surface area contributed by atoms with E-state index >= 15 is 0 Å². The molecule has 0 radical (unpaired) electrons. The number of hydrogen-bond donors (Lipinski definition) is 1. The van der Waals surface area contributed by atoms with Crippen molar-refractivity contribution in [1.29, 1.82) is 0 Å². The molecule has 0 atom stereocenters. The molecule has 0 saturated carbocycles. The summed E-state index contributed by atoms with van der Waals surface area (Å²) >= 11 is 0. The van der Waals surface area contributed by atoms with Gasteiger partial charge in [-0.25, -0.2) is 0 Å². The van der Waals surface area contributed by atoms with Crippen molar-refractivity contribution in [3.05, 3.63) is 146 Å². The van der Waals surface area contributed by atoms with Gasteiger partial charge in [-0.1, -0.05) is 136 Å².